The van der Waals surface area contributed by atoms with Crippen molar-refractivity contribution in [2.24, 2.45) is 7.05 Å². The van der Waals surface area contributed by atoms with Gasteiger partial charge in [0.1, 0.15) is 17.0 Å². The summed E-state index contributed by atoms with van der Waals surface area (Å²) in [4.78, 5) is 40.8. The van der Waals surface area contributed by atoms with Crippen LogP contribution in [0.15, 0.2) is 64.3 Å². The van der Waals surface area contributed by atoms with Crippen molar-refractivity contribution in [3.63, 3.8) is 0 Å². The molecule has 37 heavy (non-hydrogen) atoms. The number of ether oxygens (including phenoxy) is 1. The highest BCUT2D eigenvalue weighted by atomic mass is 19.4. The third-order valence-corrected chi connectivity index (χ3v) is 5.36. The van der Waals surface area contributed by atoms with Crippen LogP contribution in [0.3, 0.4) is 0 Å². The van der Waals surface area contributed by atoms with Crippen molar-refractivity contribution < 1.29 is 36.7 Å². The molecule has 0 aliphatic rings. The van der Waals surface area contributed by atoms with Crippen molar-refractivity contribution in [2.45, 2.75) is 12.4 Å². The summed E-state index contributed by atoms with van der Waals surface area (Å²) in [7, 11) is 1.24. The van der Waals surface area contributed by atoms with E-state index < -0.39 is 46.8 Å². The average molecular weight is 522 g/mol. The standard InChI is InChI=1S/C23H15F5N4O5/c1-31-16-10-12(4-6-15(16)32(36)22(35)21(31)34)20(33)30-18(19-13(24)3-2-8-29-19)11-5-7-17(14(25)9-11)37-23(26,27)28/h2-10,18,36H,1H3,(H,30,33)/t18-/m0/s1. The smallest absolute Gasteiger partial charge is 0.425 e. The number of carbonyl (C=O) groups is 1. The van der Waals surface area contributed by atoms with Gasteiger partial charge in [0.2, 0.25) is 0 Å². The predicted molar refractivity (Wildman–Crippen MR) is 117 cm³/mol. The Morgan fingerprint density at radius 1 is 1.03 bits per heavy atom. The van der Waals surface area contributed by atoms with Crippen LogP contribution in [0.1, 0.15) is 27.7 Å². The molecule has 0 aliphatic heterocycles. The number of aromatic nitrogens is 3. The fraction of sp³-hybridized carbons (Fsp3) is 0.130. The molecule has 14 heteroatoms. The SMILES string of the molecule is Cn1c(=O)c(=O)n(O)c2ccc(C(=O)N[C@@H](c3ccc(OC(F)(F)F)c(F)c3)c3ncccc3F)cc21. The number of rotatable bonds is 5. The van der Waals surface area contributed by atoms with E-state index in [9.17, 15) is 41.5 Å². The second-order valence-corrected chi connectivity index (χ2v) is 7.70. The van der Waals surface area contributed by atoms with Crippen LogP contribution in [0.5, 0.6) is 5.75 Å². The summed E-state index contributed by atoms with van der Waals surface area (Å²) >= 11 is 0. The molecule has 4 aromatic rings. The highest BCUT2D eigenvalue weighted by molar-refractivity contribution is 5.97. The van der Waals surface area contributed by atoms with Crippen molar-refractivity contribution in [1.29, 1.82) is 0 Å². The zero-order valence-corrected chi connectivity index (χ0v) is 18.6. The number of amides is 1. The van der Waals surface area contributed by atoms with E-state index in [1.165, 1.54) is 37.5 Å². The van der Waals surface area contributed by atoms with Gasteiger partial charge in [-0.15, -0.1) is 17.9 Å². The maximum atomic E-state index is 14.6. The third-order valence-electron chi connectivity index (χ3n) is 5.36. The van der Waals surface area contributed by atoms with Crippen LogP contribution in [0.25, 0.3) is 11.0 Å². The van der Waals surface area contributed by atoms with Gasteiger partial charge >= 0.3 is 17.5 Å². The number of alkyl halides is 3. The minimum atomic E-state index is -5.15. The van der Waals surface area contributed by atoms with Gasteiger partial charge in [0, 0.05) is 18.8 Å². The van der Waals surface area contributed by atoms with Crippen LogP contribution < -0.4 is 21.2 Å². The van der Waals surface area contributed by atoms with Crippen LogP contribution in [-0.2, 0) is 7.05 Å². The molecule has 9 nitrogen and oxygen atoms in total. The maximum Gasteiger partial charge on any atom is 0.573 e. The molecular formula is C23H15F5N4O5. The Kier molecular flexibility index (Phi) is 6.42. The third kappa shape index (κ3) is 4.98. The summed E-state index contributed by atoms with van der Waals surface area (Å²) in [6.07, 6.45) is -3.96. The molecule has 4 rings (SSSR count). The van der Waals surface area contributed by atoms with Crippen LogP contribution in [0, 0.1) is 11.6 Å². The average Bonchev–Trinajstić information content (AvgIpc) is 2.85. The predicted octanol–water partition coefficient (Wildman–Crippen LogP) is 3.03. The molecule has 1 atom stereocenters. The lowest BCUT2D eigenvalue weighted by molar-refractivity contribution is -0.275. The summed E-state index contributed by atoms with van der Waals surface area (Å²) < 4.78 is 71.2. The number of aryl methyl sites for hydroxylation is 1. The van der Waals surface area contributed by atoms with Crippen LogP contribution >= 0.6 is 0 Å². The van der Waals surface area contributed by atoms with Crippen LogP contribution in [0.2, 0.25) is 0 Å². The topological polar surface area (TPSA) is 115 Å². The molecule has 192 valence electrons. The second-order valence-electron chi connectivity index (χ2n) is 7.70. The Morgan fingerprint density at radius 2 is 1.76 bits per heavy atom. The van der Waals surface area contributed by atoms with E-state index in [0.29, 0.717) is 12.1 Å². The minimum absolute atomic E-state index is 0.0000125. The van der Waals surface area contributed by atoms with E-state index in [4.69, 9.17) is 0 Å². The number of nitrogens with one attached hydrogen (secondary N) is 1. The molecule has 0 saturated heterocycles. The number of benzene rings is 2. The molecule has 0 fully saturated rings. The van der Waals surface area contributed by atoms with Gasteiger partial charge < -0.3 is 19.8 Å². The quantitative estimate of drug-likeness (QED) is 0.237. The van der Waals surface area contributed by atoms with Gasteiger partial charge in [-0.25, -0.2) is 8.78 Å². The summed E-state index contributed by atoms with van der Waals surface area (Å²) in [5.41, 5.74) is -3.00. The first kappa shape index (κ1) is 25.3. The Bertz CT molecular complexity index is 1650. The van der Waals surface area contributed by atoms with Gasteiger partial charge in [0.05, 0.1) is 11.6 Å². The molecule has 0 saturated carbocycles. The first-order chi connectivity index (χ1) is 17.4. The lowest BCUT2D eigenvalue weighted by Crippen LogP contribution is -2.39. The van der Waals surface area contributed by atoms with Crippen molar-refractivity contribution in [3.05, 3.63) is 104 Å². The number of hydrogen-bond donors (Lipinski definition) is 2. The number of halogens is 5. The molecule has 0 bridgehead atoms. The van der Waals surface area contributed by atoms with Crippen molar-refractivity contribution >= 4 is 16.9 Å². The fourth-order valence-corrected chi connectivity index (χ4v) is 3.60. The monoisotopic (exact) mass is 522 g/mol. The normalized spacial score (nSPS) is 12.4. The van der Waals surface area contributed by atoms with Crippen LogP contribution in [0.4, 0.5) is 22.0 Å². The Balaban J connectivity index is 1.76. The Labute approximate surface area is 202 Å². The van der Waals surface area contributed by atoms with E-state index in [1.54, 1.807) is 0 Å². The first-order valence-corrected chi connectivity index (χ1v) is 10.3. The molecule has 2 aromatic carbocycles. The molecule has 0 radical (unpaired) electrons. The zero-order valence-electron chi connectivity index (χ0n) is 18.6. The van der Waals surface area contributed by atoms with E-state index in [0.717, 1.165) is 16.7 Å². The maximum absolute atomic E-state index is 14.6. The van der Waals surface area contributed by atoms with Crippen LogP contribution in [-0.4, -0.2) is 31.8 Å². The van der Waals surface area contributed by atoms with E-state index in [1.807, 2.05) is 0 Å². The highest BCUT2D eigenvalue weighted by Gasteiger charge is 2.33. The van der Waals surface area contributed by atoms with Crippen molar-refractivity contribution in [2.75, 3.05) is 0 Å². The minimum Gasteiger partial charge on any atom is -0.425 e. The van der Waals surface area contributed by atoms with Crippen molar-refractivity contribution in [3.8, 4) is 5.75 Å². The second kappa shape index (κ2) is 9.37. The lowest BCUT2D eigenvalue weighted by Gasteiger charge is -2.20. The summed E-state index contributed by atoms with van der Waals surface area (Å²) in [6.45, 7) is 0. The molecule has 0 unspecified atom stereocenters. The molecule has 0 aliphatic carbocycles. The van der Waals surface area contributed by atoms with Gasteiger partial charge in [-0.3, -0.25) is 19.4 Å². The van der Waals surface area contributed by atoms with Gasteiger partial charge in [-0.1, -0.05) is 6.07 Å². The number of nitrogens with zero attached hydrogens (tertiary/aromatic N) is 3. The number of pyridine rings is 1. The highest BCUT2D eigenvalue weighted by Crippen LogP contribution is 2.30. The Morgan fingerprint density at radius 3 is 2.41 bits per heavy atom. The summed E-state index contributed by atoms with van der Waals surface area (Å²) in [5, 5.41) is 12.3. The van der Waals surface area contributed by atoms with E-state index >= 15 is 0 Å². The van der Waals surface area contributed by atoms with Gasteiger partial charge in [0.25, 0.3) is 5.91 Å². The number of fused-ring (bicyclic) bond motifs is 1. The van der Waals surface area contributed by atoms with Gasteiger partial charge in [0.15, 0.2) is 11.6 Å². The molecule has 1 amide bonds. The molecule has 2 aromatic heterocycles. The summed E-state index contributed by atoms with van der Waals surface area (Å²) in [6, 6.07) is 6.67. The molecule has 0 spiro atoms. The molecule has 2 N–H and O–H groups in total. The number of carbonyl (C=O) groups excluding carboxylic acids is 1. The molecular weight excluding hydrogens is 507 g/mol. The summed E-state index contributed by atoms with van der Waals surface area (Å²) in [5.74, 6) is -4.33. The lowest BCUT2D eigenvalue weighted by atomic mass is 10.0. The fourth-order valence-electron chi connectivity index (χ4n) is 3.60. The largest absolute Gasteiger partial charge is 0.573 e. The van der Waals surface area contributed by atoms with Crippen molar-refractivity contribution in [1.82, 2.24) is 19.6 Å². The Hall–Kier alpha value is -4.75. The van der Waals surface area contributed by atoms with Gasteiger partial charge in [-0.05, 0) is 48.0 Å². The number of hydrogen-bond acceptors (Lipinski definition) is 6. The van der Waals surface area contributed by atoms with E-state index in [2.05, 4.69) is 15.0 Å². The zero-order chi connectivity index (χ0) is 27.1. The van der Waals surface area contributed by atoms with E-state index in [-0.39, 0.29) is 32.6 Å². The van der Waals surface area contributed by atoms with Gasteiger partial charge in [-0.2, -0.15) is 0 Å². The first-order valence-electron chi connectivity index (χ1n) is 10.3. The molecule has 2 heterocycles.